The molecule has 0 saturated heterocycles. The quantitative estimate of drug-likeness (QED) is 0.266. The topological polar surface area (TPSA) is 38.7 Å². The van der Waals surface area contributed by atoms with Crippen LogP contribution in [0.2, 0.25) is 0 Å². The number of carbonyl (C=O) groups is 1. The highest BCUT2D eigenvalue weighted by molar-refractivity contribution is 5.87. The van der Waals surface area contributed by atoms with Crippen molar-refractivity contribution in [2.75, 3.05) is 6.61 Å². The maximum atomic E-state index is 12.6. The van der Waals surface area contributed by atoms with E-state index in [2.05, 4.69) is 24.9 Å². The number of allylic oxidation sites excluding steroid dienone is 2. The highest BCUT2D eigenvalue weighted by Gasteiger charge is 2.58. The van der Waals surface area contributed by atoms with E-state index >= 15 is 0 Å². The molecule has 3 unspecified atom stereocenters. The van der Waals surface area contributed by atoms with Gasteiger partial charge in [0.15, 0.2) is 0 Å². The van der Waals surface area contributed by atoms with Gasteiger partial charge in [0.05, 0.1) is 6.10 Å². The van der Waals surface area contributed by atoms with Crippen LogP contribution in [0.4, 0.5) is 0 Å². The van der Waals surface area contributed by atoms with Crippen molar-refractivity contribution < 1.29 is 9.53 Å². The lowest BCUT2D eigenvalue weighted by atomic mass is 9.47. The SMILES string of the molecule is C/C=C\N=CCCCCO[C@@H]1C=C2CCC3C(CC[C@]4(C)C(=O)CCC34)[C@@]2(C)CC1. The summed E-state index contributed by atoms with van der Waals surface area (Å²) in [5.74, 6) is 2.74. The lowest BCUT2D eigenvalue weighted by Gasteiger charge is -2.57. The van der Waals surface area contributed by atoms with Crippen LogP contribution in [0.25, 0.3) is 0 Å². The first kappa shape index (κ1) is 22.0. The van der Waals surface area contributed by atoms with Gasteiger partial charge in [-0.15, -0.1) is 0 Å². The van der Waals surface area contributed by atoms with Crippen LogP contribution < -0.4 is 0 Å². The molecule has 0 bridgehead atoms. The molecule has 166 valence electrons. The molecule has 3 heteroatoms. The zero-order valence-electron chi connectivity index (χ0n) is 19.4. The molecule has 4 aliphatic rings. The van der Waals surface area contributed by atoms with Crippen molar-refractivity contribution in [3.63, 3.8) is 0 Å². The molecule has 3 nitrogen and oxygen atoms in total. The van der Waals surface area contributed by atoms with Crippen LogP contribution >= 0.6 is 0 Å². The molecule has 0 aromatic rings. The smallest absolute Gasteiger partial charge is 0.139 e. The largest absolute Gasteiger partial charge is 0.374 e. The number of hydrogen-bond acceptors (Lipinski definition) is 3. The molecule has 0 aromatic carbocycles. The van der Waals surface area contributed by atoms with Crippen molar-refractivity contribution in [1.29, 1.82) is 0 Å². The Morgan fingerprint density at radius 1 is 1.07 bits per heavy atom. The zero-order chi connectivity index (χ0) is 21.2. The van der Waals surface area contributed by atoms with Gasteiger partial charge in [-0.2, -0.15) is 0 Å². The van der Waals surface area contributed by atoms with Crippen molar-refractivity contribution in [2.45, 2.75) is 97.5 Å². The summed E-state index contributed by atoms with van der Waals surface area (Å²) in [6, 6.07) is 0. The maximum absolute atomic E-state index is 12.6. The molecule has 0 amide bonds. The second kappa shape index (κ2) is 9.10. The van der Waals surface area contributed by atoms with Crippen molar-refractivity contribution in [3.05, 3.63) is 23.9 Å². The molecule has 3 saturated carbocycles. The van der Waals surface area contributed by atoms with E-state index in [1.54, 1.807) is 5.57 Å². The minimum Gasteiger partial charge on any atom is -0.374 e. The van der Waals surface area contributed by atoms with E-state index in [9.17, 15) is 4.79 Å². The maximum Gasteiger partial charge on any atom is 0.139 e. The Labute approximate surface area is 183 Å². The number of carbonyl (C=O) groups excluding carboxylic acids is 1. The van der Waals surface area contributed by atoms with E-state index in [-0.39, 0.29) is 5.41 Å². The second-order valence-corrected chi connectivity index (χ2v) is 10.7. The van der Waals surface area contributed by atoms with Crippen LogP contribution in [0, 0.1) is 28.6 Å². The first-order valence-corrected chi connectivity index (χ1v) is 12.5. The highest BCUT2D eigenvalue weighted by atomic mass is 16.5. The minimum absolute atomic E-state index is 0.00338. The summed E-state index contributed by atoms with van der Waals surface area (Å²) in [5, 5.41) is 0. The van der Waals surface area contributed by atoms with Gasteiger partial charge in [0, 0.05) is 30.9 Å². The first-order chi connectivity index (χ1) is 14.5. The van der Waals surface area contributed by atoms with Crippen LogP contribution in [0.15, 0.2) is 28.9 Å². The zero-order valence-corrected chi connectivity index (χ0v) is 19.4. The number of ketones is 1. The third-order valence-corrected chi connectivity index (χ3v) is 9.18. The van der Waals surface area contributed by atoms with E-state index in [4.69, 9.17) is 4.74 Å². The van der Waals surface area contributed by atoms with Crippen LogP contribution in [0.3, 0.4) is 0 Å². The Morgan fingerprint density at radius 2 is 1.87 bits per heavy atom. The number of aliphatic imine (C=N–C) groups is 1. The third-order valence-electron chi connectivity index (χ3n) is 9.18. The molecule has 3 fully saturated rings. The molecule has 6 atom stereocenters. The second-order valence-electron chi connectivity index (χ2n) is 10.7. The predicted molar refractivity (Wildman–Crippen MR) is 124 cm³/mol. The Bertz CT molecular complexity index is 722. The van der Waals surface area contributed by atoms with E-state index in [0.29, 0.717) is 23.2 Å². The summed E-state index contributed by atoms with van der Waals surface area (Å²) in [6.45, 7) is 7.67. The molecular weight excluding hydrogens is 370 g/mol. The van der Waals surface area contributed by atoms with Gasteiger partial charge >= 0.3 is 0 Å². The molecule has 0 aromatic heterocycles. The van der Waals surface area contributed by atoms with E-state index < -0.39 is 0 Å². The van der Waals surface area contributed by atoms with E-state index in [1.807, 2.05) is 25.4 Å². The van der Waals surface area contributed by atoms with Gasteiger partial charge in [-0.3, -0.25) is 9.79 Å². The van der Waals surface area contributed by atoms with Gasteiger partial charge in [-0.1, -0.05) is 31.6 Å². The van der Waals surface area contributed by atoms with Crippen LogP contribution in [0.1, 0.15) is 91.4 Å². The van der Waals surface area contributed by atoms with Crippen molar-refractivity contribution >= 4 is 12.0 Å². The Balaban J connectivity index is 1.32. The lowest BCUT2D eigenvalue weighted by molar-refractivity contribution is -0.132. The molecule has 0 radical (unpaired) electrons. The van der Waals surface area contributed by atoms with Crippen LogP contribution in [0.5, 0.6) is 0 Å². The number of ether oxygens (including phenoxy) is 1. The van der Waals surface area contributed by atoms with Crippen LogP contribution in [-0.2, 0) is 9.53 Å². The average Bonchev–Trinajstić information content (AvgIpc) is 3.05. The first-order valence-electron chi connectivity index (χ1n) is 12.5. The molecule has 4 aliphatic carbocycles. The van der Waals surface area contributed by atoms with E-state index in [1.165, 1.54) is 25.7 Å². The summed E-state index contributed by atoms with van der Waals surface area (Å²) in [7, 11) is 0. The van der Waals surface area contributed by atoms with Gasteiger partial charge in [-0.25, -0.2) is 0 Å². The van der Waals surface area contributed by atoms with E-state index in [0.717, 1.165) is 63.4 Å². The molecule has 0 spiro atoms. The number of rotatable bonds is 7. The minimum atomic E-state index is -0.00338. The molecule has 0 heterocycles. The standard InChI is InChI=1S/C27H41NO2/c1-4-16-28-17-6-5-7-18-30-21-12-14-26(2)20(19-21)8-9-22-23-10-11-25(29)27(23,3)15-13-24(22)26/h4,16-17,19,21-24H,5-15,18H2,1-3H3/b16-4-,28-17?/t21-,22?,23?,24?,26-,27-/m0/s1. The number of hydrogen-bond donors (Lipinski definition) is 0. The fraction of sp³-hybridized carbons (Fsp3) is 0.778. The predicted octanol–water partition coefficient (Wildman–Crippen LogP) is 6.68. The Morgan fingerprint density at radius 3 is 2.70 bits per heavy atom. The van der Waals surface area contributed by atoms with Gasteiger partial charge in [0.2, 0.25) is 0 Å². The van der Waals surface area contributed by atoms with Gasteiger partial charge in [-0.05, 0) is 94.3 Å². The summed E-state index contributed by atoms with van der Waals surface area (Å²) in [4.78, 5) is 16.8. The summed E-state index contributed by atoms with van der Waals surface area (Å²) < 4.78 is 6.26. The lowest BCUT2D eigenvalue weighted by Crippen LogP contribution is -2.50. The summed E-state index contributed by atoms with van der Waals surface area (Å²) in [6.07, 6.45) is 21.2. The fourth-order valence-electron chi connectivity index (χ4n) is 7.39. The molecule has 0 N–H and O–H groups in total. The number of unbranched alkanes of at least 4 members (excludes halogenated alkanes) is 2. The molecular formula is C27H41NO2. The molecule has 4 rings (SSSR count). The summed E-state index contributed by atoms with van der Waals surface area (Å²) in [5.41, 5.74) is 2.02. The monoisotopic (exact) mass is 411 g/mol. The third kappa shape index (κ3) is 3.99. The van der Waals surface area contributed by atoms with Gasteiger partial charge < -0.3 is 4.74 Å². The van der Waals surface area contributed by atoms with Gasteiger partial charge in [0.1, 0.15) is 5.78 Å². The van der Waals surface area contributed by atoms with Crippen LogP contribution in [-0.4, -0.2) is 24.7 Å². The fourth-order valence-corrected chi connectivity index (χ4v) is 7.39. The average molecular weight is 412 g/mol. The van der Waals surface area contributed by atoms with Crippen molar-refractivity contribution in [2.24, 2.45) is 33.6 Å². The molecule has 0 aliphatic heterocycles. The summed E-state index contributed by atoms with van der Waals surface area (Å²) >= 11 is 0. The number of nitrogens with zero attached hydrogens (tertiary/aromatic N) is 1. The highest BCUT2D eigenvalue weighted by Crippen LogP contribution is 2.64. The Kier molecular flexibility index (Phi) is 6.67. The van der Waals surface area contributed by atoms with Crippen molar-refractivity contribution in [3.8, 4) is 0 Å². The molecule has 30 heavy (non-hydrogen) atoms. The Hall–Kier alpha value is -1.22. The van der Waals surface area contributed by atoms with Crippen molar-refractivity contribution in [1.82, 2.24) is 0 Å². The normalized spacial score (nSPS) is 41.0. The van der Waals surface area contributed by atoms with Gasteiger partial charge in [0.25, 0.3) is 0 Å². The number of fused-ring (bicyclic) bond motifs is 5. The number of Topliss-reactive ketones (excluding diaryl/α,β-unsaturated/α-hetero) is 1.